The number of nitrogens with zero attached hydrogens (tertiary/aromatic N) is 1. The van der Waals surface area contributed by atoms with E-state index in [0.29, 0.717) is 23.6 Å². The Labute approximate surface area is 148 Å². The van der Waals surface area contributed by atoms with Crippen LogP contribution in [0, 0.1) is 11.3 Å². The number of anilines is 1. The molecule has 4 nitrogen and oxygen atoms in total. The summed E-state index contributed by atoms with van der Waals surface area (Å²) >= 11 is 0. The molecule has 2 aromatic carbocycles. The standard InChI is InChI=1S/C21H22N2O2/c1-3-13-25-20-8-6-5-7-17(20)14-18(15-22)21(24)23-19-11-9-16(4-2)10-12-19/h5-12,14H,3-4,13H2,1-2H3,(H,23,24)/b18-14+. The second-order valence-electron chi connectivity index (χ2n) is 5.56. The Hall–Kier alpha value is -3.06. The van der Waals surface area contributed by atoms with Gasteiger partial charge in [0.05, 0.1) is 6.61 Å². The number of ether oxygens (including phenoxy) is 1. The van der Waals surface area contributed by atoms with Crippen LogP contribution in [0.15, 0.2) is 54.1 Å². The molecule has 4 heteroatoms. The fraction of sp³-hybridized carbons (Fsp3) is 0.238. The SMILES string of the molecule is CCCOc1ccccc1/C=C(\C#N)C(=O)Nc1ccc(CC)cc1. The molecule has 1 amide bonds. The van der Waals surface area contributed by atoms with Gasteiger partial charge in [0.25, 0.3) is 5.91 Å². The van der Waals surface area contributed by atoms with Gasteiger partial charge < -0.3 is 10.1 Å². The van der Waals surface area contributed by atoms with E-state index in [0.717, 1.165) is 12.8 Å². The molecular formula is C21H22N2O2. The number of rotatable bonds is 7. The Morgan fingerprint density at radius 3 is 2.52 bits per heavy atom. The molecule has 0 radical (unpaired) electrons. The van der Waals surface area contributed by atoms with Crippen molar-refractivity contribution < 1.29 is 9.53 Å². The van der Waals surface area contributed by atoms with Crippen LogP contribution in [0.2, 0.25) is 0 Å². The van der Waals surface area contributed by atoms with Gasteiger partial charge in [0, 0.05) is 11.3 Å². The highest BCUT2D eigenvalue weighted by Gasteiger charge is 2.11. The van der Waals surface area contributed by atoms with Gasteiger partial charge >= 0.3 is 0 Å². The van der Waals surface area contributed by atoms with Crippen molar-refractivity contribution in [3.8, 4) is 11.8 Å². The van der Waals surface area contributed by atoms with E-state index in [-0.39, 0.29) is 5.57 Å². The fourth-order valence-electron chi connectivity index (χ4n) is 2.27. The van der Waals surface area contributed by atoms with Crippen LogP contribution in [0.1, 0.15) is 31.4 Å². The molecule has 0 bridgehead atoms. The van der Waals surface area contributed by atoms with Crippen molar-refractivity contribution in [1.29, 1.82) is 5.26 Å². The number of nitriles is 1. The van der Waals surface area contributed by atoms with E-state index in [1.165, 1.54) is 5.56 Å². The van der Waals surface area contributed by atoms with Crippen LogP contribution in [0.5, 0.6) is 5.75 Å². The van der Waals surface area contributed by atoms with Crippen LogP contribution < -0.4 is 10.1 Å². The van der Waals surface area contributed by atoms with Crippen LogP contribution in [-0.2, 0) is 11.2 Å². The number of aryl methyl sites for hydroxylation is 1. The molecule has 0 unspecified atom stereocenters. The molecule has 0 spiro atoms. The molecule has 0 aromatic heterocycles. The summed E-state index contributed by atoms with van der Waals surface area (Å²) in [5.74, 6) is 0.231. The smallest absolute Gasteiger partial charge is 0.266 e. The van der Waals surface area contributed by atoms with Gasteiger partial charge in [0.15, 0.2) is 0 Å². The Morgan fingerprint density at radius 2 is 1.88 bits per heavy atom. The van der Waals surface area contributed by atoms with Crippen LogP contribution >= 0.6 is 0 Å². The third kappa shape index (κ3) is 5.22. The van der Waals surface area contributed by atoms with Gasteiger partial charge in [0.2, 0.25) is 0 Å². The van der Waals surface area contributed by atoms with Crippen LogP contribution in [0.4, 0.5) is 5.69 Å². The third-order valence-electron chi connectivity index (χ3n) is 3.67. The summed E-state index contributed by atoms with van der Waals surface area (Å²) in [5, 5.41) is 12.1. The maximum atomic E-state index is 12.4. The van der Waals surface area contributed by atoms with Crippen molar-refractivity contribution >= 4 is 17.7 Å². The highest BCUT2D eigenvalue weighted by atomic mass is 16.5. The number of amides is 1. The van der Waals surface area contributed by atoms with Gasteiger partial charge in [-0.15, -0.1) is 0 Å². The first kappa shape index (κ1) is 18.3. The summed E-state index contributed by atoms with van der Waals surface area (Å²) in [6.07, 6.45) is 3.38. The zero-order chi connectivity index (χ0) is 18.1. The molecule has 0 aliphatic carbocycles. The van der Waals surface area contributed by atoms with E-state index in [1.54, 1.807) is 6.08 Å². The predicted octanol–water partition coefficient (Wildman–Crippen LogP) is 4.58. The molecule has 0 aliphatic rings. The average Bonchev–Trinajstić information content (AvgIpc) is 2.65. The van der Waals surface area contributed by atoms with E-state index in [1.807, 2.05) is 61.5 Å². The first-order chi connectivity index (χ1) is 12.2. The lowest BCUT2D eigenvalue weighted by molar-refractivity contribution is -0.112. The van der Waals surface area contributed by atoms with Gasteiger partial charge in [-0.1, -0.05) is 44.2 Å². The minimum Gasteiger partial charge on any atom is -0.493 e. The molecule has 0 fully saturated rings. The summed E-state index contributed by atoms with van der Waals surface area (Å²) in [4.78, 5) is 12.4. The first-order valence-corrected chi connectivity index (χ1v) is 8.41. The van der Waals surface area contributed by atoms with E-state index < -0.39 is 5.91 Å². The Balaban J connectivity index is 2.19. The predicted molar refractivity (Wildman–Crippen MR) is 100 cm³/mol. The number of para-hydroxylation sites is 1. The second kappa shape index (κ2) is 9.29. The molecule has 0 atom stereocenters. The normalized spacial score (nSPS) is 10.8. The molecule has 2 rings (SSSR count). The van der Waals surface area contributed by atoms with Crippen molar-refractivity contribution in [1.82, 2.24) is 0 Å². The number of carbonyl (C=O) groups is 1. The quantitative estimate of drug-likeness (QED) is 0.595. The molecule has 0 aliphatic heterocycles. The molecule has 2 aromatic rings. The zero-order valence-corrected chi connectivity index (χ0v) is 14.6. The Bertz CT molecular complexity index is 786. The lowest BCUT2D eigenvalue weighted by Crippen LogP contribution is -2.13. The fourth-order valence-corrected chi connectivity index (χ4v) is 2.27. The summed E-state index contributed by atoms with van der Waals surface area (Å²) in [5.41, 5.74) is 2.60. The number of hydrogen-bond acceptors (Lipinski definition) is 3. The number of benzene rings is 2. The minimum atomic E-state index is -0.433. The van der Waals surface area contributed by atoms with Gasteiger partial charge in [-0.2, -0.15) is 5.26 Å². The van der Waals surface area contributed by atoms with E-state index in [9.17, 15) is 10.1 Å². The topological polar surface area (TPSA) is 62.1 Å². The zero-order valence-electron chi connectivity index (χ0n) is 14.6. The van der Waals surface area contributed by atoms with E-state index in [4.69, 9.17) is 4.74 Å². The van der Waals surface area contributed by atoms with Crippen molar-refractivity contribution in [2.45, 2.75) is 26.7 Å². The lowest BCUT2D eigenvalue weighted by atomic mass is 10.1. The first-order valence-electron chi connectivity index (χ1n) is 8.41. The van der Waals surface area contributed by atoms with Gasteiger partial charge in [0.1, 0.15) is 17.4 Å². The summed E-state index contributed by atoms with van der Waals surface area (Å²) < 4.78 is 5.67. The Morgan fingerprint density at radius 1 is 1.16 bits per heavy atom. The molecule has 1 N–H and O–H groups in total. The van der Waals surface area contributed by atoms with Crippen LogP contribution in [0.3, 0.4) is 0 Å². The average molecular weight is 334 g/mol. The van der Waals surface area contributed by atoms with Gasteiger partial charge in [-0.3, -0.25) is 4.79 Å². The molecule has 128 valence electrons. The second-order valence-corrected chi connectivity index (χ2v) is 5.56. The summed E-state index contributed by atoms with van der Waals surface area (Å²) in [6.45, 7) is 4.68. The Kier molecular flexibility index (Phi) is 6.79. The maximum Gasteiger partial charge on any atom is 0.266 e. The minimum absolute atomic E-state index is 0.0344. The lowest BCUT2D eigenvalue weighted by Gasteiger charge is -2.09. The molecule has 0 saturated heterocycles. The molecule has 0 saturated carbocycles. The van der Waals surface area contributed by atoms with Crippen LogP contribution in [0.25, 0.3) is 6.08 Å². The number of nitrogens with one attached hydrogen (secondary N) is 1. The molecular weight excluding hydrogens is 312 g/mol. The van der Waals surface area contributed by atoms with E-state index in [2.05, 4.69) is 12.2 Å². The third-order valence-corrected chi connectivity index (χ3v) is 3.67. The highest BCUT2D eigenvalue weighted by molar-refractivity contribution is 6.09. The number of carbonyl (C=O) groups excluding carboxylic acids is 1. The van der Waals surface area contributed by atoms with Crippen molar-refractivity contribution in [2.24, 2.45) is 0 Å². The van der Waals surface area contributed by atoms with Crippen molar-refractivity contribution in [2.75, 3.05) is 11.9 Å². The summed E-state index contributed by atoms with van der Waals surface area (Å²) in [7, 11) is 0. The number of hydrogen-bond donors (Lipinski definition) is 1. The summed E-state index contributed by atoms with van der Waals surface area (Å²) in [6, 6.07) is 16.9. The maximum absolute atomic E-state index is 12.4. The molecule has 25 heavy (non-hydrogen) atoms. The van der Waals surface area contributed by atoms with Gasteiger partial charge in [-0.25, -0.2) is 0 Å². The molecule has 0 heterocycles. The van der Waals surface area contributed by atoms with Crippen molar-refractivity contribution in [3.63, 3.8) is 0 Å². The monoisotopic (exact) mass is 334 g/mol. The van der Waals surface area contributed by atoms with Gasteiger partial charge in [-0.05, 0) is 42.7 Å². The highest BCUT2D eigenvalue weighted by Crippen LogP contribution is 2.22. The van der Waals surface area contributed by atoms with Crippen LogP contribution in [-0.4, -0.2) is 12.5 Å². The van der Waals surface area contributed by atoms with Crippen molar-refractivity contribution in [3.05, 3.63) is 65.2 Å². The largest absolute Gasteiger partial charge is 0.493 e. The van der Waals surface area contributed by atoms with E-state index >= 15 is 0 Å².